The van der Waals surface area contributed by atoms with Crippen LogP contribution in [0.2, 0.25) is 0 Å². The van der Waals surface area contributed by atoms with Gasteiger partial charge in [0, 0.05) is 20.0 Å². The third-order valence-electron chi connectivity index (χ3n) is 2.54. The van der Waals surface area contributed by atoms with E-state index in [1.165, 1.54) is 16.2 Å². The zero-order valence-corrected chi connectivity index (χ0v) is 11.0. The second-order valence-corrected chi connectivity index (χ2v) is 4.45. The summed E-state index contributed by atoms with van der Waals surface area (Å²) in [5.41, 5.74) is 4.46. The van der Waals surface area contributed by atoms with Gasteiger partial charge in [0.1, 0.15) is 0 Å². The van der Waals surface area contributed by atoms with Crippen LogP contribution < -0.4 is 17.0 Å². The molecule has 0 unspecified atom stereocenters. The zero-order chi connectivity index (χ0) is 13.4. The van der Waals surface area contributed by atoms with Gasteiger partial charge in [0.15, 0.2) is 15.9 Å². The third-order valence-corrected chi connectivity index (χ3v) is 3.15. The number of hydrogen-bond acceptors (Lipinski definition) is 4. The van der Waals surface area contributed by atoms with Crippen LogP contribution >= 0.6 is 15.9 Å². The Kier molecular flexibility index (Phi) is 3.07. The molecule has 2 aromatic rings. The van der Waals surface area contributed by atoms with Gasteiger partial charge in [0.05, 0.1) is 0 Å². The molecule has 3 N–H and O–H groups in total. The lowest BCUT2D eigenvalue weighted by atomic mass is 10.4. The molecule has 0 aliphatic carbocycles. The smallest absolute Gasteiger partial charge is 0.329 e. The topological polar surface area (TPSA) is 116 Å². The minimum absolute atomic E-state index is 0.0757. The first kappa shape index (κ1) is 12.6. The first-order valence-electron chi connectivity index (χ1n) is 5.05. The predicted octanol–water partition coefficient (Wildman–Crippen LogP) is -0.939. The monoisotopic (exact) mass is 315 g/mol. The van der Waals surface area contributed by atoms with E-state index in [1.807, 2.05) is 0 Å². The molecule has 8 nitrogen and oxygen atoms in total. The molecule has 0 saturated heterocycles. The lowest BCUT2D eigenvalue weighted by Crippen LogP contribution is -2.29. The molecule has 2 rings (SSSR count). The second kappa shape index (κ2) is 4.41. The van der Waals surface area contributed by atoms with Gasteiger partial charge in [-0.25, -0.2) is 9.78 Å². The van der Waals surface area contributed by atoms with Gasteiger partial charge in [-0.15, -0.1) is 0 Å². The fourth-order valence-electron chi connectivity index (χ4n) is 1.63. The molecule has 2 heterocycles. The molecule has 9 heteroatoms. The van der Waals surface area contributed by atoms with Gasteiger partial charge < -0.3 is 10.3 Å². The van der Waals surface area contributed by atoms with Crippen LogP contribution in [0.15, 0.2) is 14.3 Å². The van der Waals surface area contributed by atoms with Gasteiger partial charge >= 0.3 is 5.69 Å². The lowest BCUT2D eigenvalue weighted by Gasteiger charge is -2.03. The number of aromatic amines is 1. The highest BCUT2D eigenvalue weighted by Crippen LogP contribution is 2.16. The molecule has 2 aromatic heterocycles. The van der Waals surface area contributed by atoms with Gasteiger partial charge in [0.25, 0.3) is 5.56 Å². The van der Waals surface area contributed by atoms with E-state index in [0.29, 0.717) is 4.73 Å². The van der Waals surface area contributed by atoms with E-state index < -0.39 is 17.2 Å². The van der Waals surface area contributed by atoms with Crippen molar-refractivity contribution < 1.29 is 4.79 Å². The van der Waals surface area contributed by atoms with Crippen LogP contribution in [-0.4, -0.2) is 25.0 Å². The summed E-state index contributed by atoms with van der Waals surface area (Å²) in [6.45, 7) is 0.216. The molecule has 0 atom stereocenters. The Labute approximate surface area is 109 Å². The summed E-state index contributed by atoms with van der Waals surface area (Å²) in [4.78, 5) is 40.2. The predicted molar refractivity (Wildman–Crippen MR) is 67.1 cm³/mol. The van der Waals surface area contributed by atoms with Gasteiger partial charge in [-0.05, 0) is 15.9 Å². The number of rotatable bonds is 3. The average Bonchev–Trinajstić information content (AvgIpc) is 2.61. The Balaban J connectivity index is 2.71. The van der Waals surface area contributed by atoms with Crippen LogP contribution in [0.1, 0.15) is 6.42 Å². The molecule has 0 aromatic carbocycles. The molecular weight excluding hydrogens is 306 g/mol. The molecule has 0 saturated carbocycles. The van der Waals surface area contributed by atoms with E-state index in [9.17, 15) is 14.4 Å². The van der Waals surface area contributed by atoms with E-state index in [4.69, 9.17) is 5.73 Å². The molecule has 1 amide bonds. The van der Waals surface area contributed by atoms with Crippen molar-refractivity contribution in [2.75, 3.05) is 0 Å². The number of fused-ring (bicyclic) bond motifs is 1. The Bertz CT molecular complexity index is 741. The number of aromatic nitrogens is 4. The Hall–Kier alpha value is -1.90. The first-order valence-corrected chi connectivity index (χ1v) is 5.84. The molecule has 96 valence electrons. The van der Waals surface area contributed by atoms with Crippen molar-refractivity contribution in [1.29, 1.82) is 0 Å². The van der Waals surface area contributed by atoms with Crippen molar-refractivity contribution in [2.24, 2.45) is 12.8 Å². The number of nitrogens with two attached hydrogens (primary N) is 1. The number of H-pyrrole nitrogens is 1. The third kappa shape index (κ3) is 1.96. The van der Waals surface area contributed by atoms with Crippen molar-refractivity contribution in [3.63, 3.8) is 0 Å². The van der Waals surface area contributed by atoms with Crippen LogP contribution in [0.4, 0.5) is 0 Å². The average molecular weight is 316 g/mol. The van der Waals surface area contributed by atoms with Crippen LogP contribution in [0, 0.1) is 0 Å². The van der Waals surface area contributed by atoms with Gasteiger partial charge in [0.2, 0.25) is 5.91 Å². The van der Waals surface area contributed by atoms with E-state index in [-0.39, 0.29) is 24.1 Å². The summed E-state index contributed by atoms with van der Waals surface area (Å²) in [5, 5.41) is 0. The molecule has 0 aliphatic heterocycles. The molecule has 0 radical (unpaired) electrons. The maximum absolute atomic E-state index is 11.8. The van der Waals surface area contributed by atoms with Crippen LogP contribution in [-0.2, 0) is 18.4 Å². The summed E-state index contributed by atoms with van der Waals surface area (Å²) in [5.74, 6) is -0.481. The lowest BCUT2D eigenvalue weighted by molar-refractivity contribution is -0.118. The van der Waals surface area contributed by atoms with E-state index in [0.717, 1.165) is 0 Å². The Morgan fingerprint density at radius 2 is 2.17 bits per heavy atom. The van der Waals surface area contributed by atoms with Crippen molar-refractivity contribution in [1.82, 2.24) is 19.1 Å². The number of nitrogens with zero attached hydrogens (tertiary/aromatic N) is 3. The number of nitrogens with one attached hydrogen (secondary N) is 1. The van der Waals surface area contributed by atoms with E-state index in [2.05, 4.69) is 25.9 Å². The summed E-state index contributed by atoms with van der Waals surface area (Å²) < 4.78 is 3.09. The molecule has 0 aliphatic rings. The SMILES string of the molecule is Cn1c(=O)[nH]c(=O)c2c1nc(Br)n2CCC(N)=O. The van der Waals surface area contributed by atoms with Gasteiger partial charge in [-0.2, -0.15) is 0 Å². The van der Waals surface area contributed by atoms with Gasteiger partial charge in [-0.1, -0.05) is 0 Å². The highest BCUT2D eigenvalue weighted by Gasteiger charge is 2.15. The van der Waals surface area contributed by atoms with Crippen molar-refractivity contribution in [2.45, 2.75) is 13.0 Å². The van der Waals surface area contributed by atoms with Crippen molar-refractivity contribution in [3.05, 3.63) is 25.6 Å². The second-order valence-electron chi connectivity index (χ2n) is 3.74. The molecule has 0 bridgehead atoms. The fraction of sp³-hybridized carbons (Fsp3) is 0.333. The summed E-state index contributed by atoms with van der Waals surface area (Å²) >= 11 is 3.18. The number of hydrogen-bond donors (Lipinski definition) is 2. The number of aryl methyl sites for hydroxylation is 2. The zero-order valence-electron chi connectivity index (χ0n) is 9.44. The van der Waals surface area contributed by atoms with Crippen molar-refractivity contribution in [3.8, 4) is 0 Å². The Morgan fingerprint density at radius 1 is 1.50 bits per heavy atom. The van der Waals surface area contributed by atoms with E-state index in [1.54, 1.807) is 0 Å². The fourth-order valence-corrected chi connectivity index (χ4v) is 2.16. The number of carbonyl (C=O) groups excluding carboxylic acids is 1. The minimum atomic E-state index is -0.546. The minimum Gasteiger partial charge on any atom is -0.370 e. The summed E-state index contributed by atoms with van der Waals surface area (Å²) in [7, 11) is 1.50. The van der Waals surface area contributed by atoms with E-state index >= 15 is 0 Å². The number of carbonyl (C=O) groups is 1. The maximum atomic E-state index is 11.8. The summed E-state index contributed by atoms with van der Waals surface area (Å²) in [6, 6.07) is 0. The van der Waals surface area contributed by atoms with Crippen LogP contribution in [0.3, 0.4) is 0 Å². The van der Waals surface area contributed by atoms with Crippen LogP contribution in [0.25, 0.3) is 11.2 Å². The van der Waals surface area contributed by atoms with Crippen LogP contribution in [0.5, 0.6) is 0 Å². The Morgan fingerprint density at radius 3 is 2.78 bits per heavy atom. The molecule has 18 heavy (non-hydrogen) atoms. The number of imidazole rings is 1. The van der Waals surface area contributed by atoms with Crippen molar-refractivity contribution >= 4 is 33.0 Å². The summed E-state index contributed by atoms with van der Waals surface area (Å²) in [6.07, 6.45) is 0.0757. The highest BCUT2D eigenvalue weighted by atomic mass is 79.9. The normalized spacial score (nSPS) is 11.0. The molecular formula is C9H10BrN5O3. The quantitative estimate of drug-likeness (QED) is 0.711. The first-order chi connectivity index (χ1) is 8.41. The van der Waals surface area contributed by atoms with Gasteiger partial charge in [-0.3, -0.25) is 19.1 Å². The number of amides is 1. The molecule has 0 fully saturated rings. The standard InChI is InChI=1S/C9H10BrN5O3/c1-14-6-5(7(17)13-9(14)18)15(8(10)12-6)3-2-4(11)16/h2-3H2,1H3,(H2,11,16)(H,13,17,18). The largest absolute Gasteiger partial charge is 0.370 e. The highest BCUT2D eigenvalue weighted by molar-refractivity contribution is 9.10. The maximum Gasteiger partial charge on any atom is 0.329 e. The number of halogens is 1. The number of primary amides is 1. The molecule has 0 spiro atoms.